The van der Waals surface area contributed by atoms with Gasteiger partial charge in [-0.05, 0) is 43.1 Å². The van der Waals surface area contributed by atoms with E-state index in [1.165, 1.54) is 19.3 Å². The zero-order valence-electron chi connectivity index (χ0n) is 9.43. The molecule has 1 N–H and O–H groups in total. The molecule has 3 atom stereocenters. The number of hydrogen-bond donors (Lipinski definition) is 1. The van der Waals surface area contributed by atoms with E-state index in [0.717, 1.165) is 23.8 Å². The molecule has 0 bridgehead atoms. The van der Waals surface area contributed by atoms with Crippen LogP contribution in [0.15, 0.2) is 0 Å². The van der Waals surface area contributed by atoms with E-state index in [0.29, 0.717) is 5.41 Å². The van der Waals surface area contributed by atoms with Gasteiger partial charge in [0.25, 0.3) is 0 Å². The van der Waals surface area contributed by atoms with Crippen LogP contribution in [-0.4, -0.2) is 13.1 Å². The molecule has 2 aliphatic rings. The van der Waals surface area contributed by atoms with Crippen molar-refractivity contribution in [1.29, 1.82) is 0 Å². The summed E-state index contributed by atoms with van der Waals surface area (Å²) < 4.78 is 0. The molecule has 13 heavy (non-hydrogen) atoms. The predicted octanol–water partition coefficient (Wildman–Crippen LogP) is 2.67. The average molecular weight is 181 g/mol. The minimum atomic E-state index is 0.434. The van der Waals surface area contributed by atoms with Gasteiger partial charge in [-0.15, -0.1) is 0 Å². The fraction of sp³-hybridized carbons (Fsp3) is 1.00. The highest BCUT2D eigenvalue weighted by molar-refractivity contribution is 5.08. The summed E-state index contributed by atoms with van der Waals surface area (Å²) in [6.07, 6.45) is 4.50. The molecule has 0 aliphatic heterocycles. The maximum Gasteiger partial charge on any atom is 0.0146 e. The van der Waals surface area contributed by atoms with Crippen molar-refractivity contribution in [1.82, 2.24) is 5.32 Å². The number of fused-ring (bicyclic) bond motifs is 1. The SMILES string of the molecule is CNC(C1C2CCCC21)C(C)(C)C. The summed E-state index contributed by atoms with van der Waals surface area (Å²) in [6.45, 7) is 7.09. The average Bonchev–Trinajstić information content (AvgIpc) is 2.52. The monoisotopic (exact) mass is 181 g/mol. The first-order valence-electron chi connectivity index (χ1n) is 5.73. The van der Waals surface area contributed by atoms with E-state index in [4.69, 9.17) is 0 Å². The van der Waals surface area contributed by atoms with Gasteiger partial charge >= 0.3 is 0 Å². The van der Waals surface area contributed by atoms with Crippen molar-refractivity contribution in [2.45, 2.75) is 46.1 Å². The van der Waals surface area contributed by atoms with Crippen LogP contribution >= 0.6 is 0 Å². The van der Waals surface area contributed by atoms with E-state index in [9.17, 15) is 0 Å². The van der Waals surface area contributed by atoms with Crippen molar-refractivity contribution < 1.29 is 0 Å². The highest BCUT2D eigenvalue weighted by atomic mass is 14.9. The summed E-state index contributed by atoms with van der Waals surface area (Å²) in [7, 11) is 2.13. The molecule has 1 heteroatoms. The Morgan fingerprint density at radius 2 is 1.69 bits per heavy atom. The van der Waals surface area contributed by atoms with Crippen LogP contribution in [0.5, 0.6) is 0 Å². The van der Waals surface area contributed by atoms with Crippen molar-refractivity contribution in [3.05, 3.63) is 0 Å². The normalized spacial score (nSPS) is 40.2. The maximum absolute atomic E-state index is 3.53. The van der Waals surface area contributed by atoms with Crippen LogP contribution in [0.4, 0.5) is 0 Å². The molecule has 0 amide bonds. The highest BCUT2D eigenvalue weighted by Crippen LogP contribution is 2.60. The lowest BCUT2D eigenvalue weighted by Gasteiger charge is -2.32. The second kappa shape index (κ2) is 2.98. The van der Waals surface area contributed by atoms with Gasteiger partial charge in [0.05, 0.1) is 0 Å². The fourth-order valence-corrected chi connectivity index (χ4v) is 3.57. The minimum Gasteiger partial charge on any atom is -0.316 e. The lowest BCUT2D eigenvalue weighted by atomic mass is 9.81. The second-order valence-corrected chi connectivity index (χ2v) is 5.97. The van der Waals surface area contributed by atoms with Crippen LogP contribution in [0, 0.1) is 23.2 Å². The van der Waals surface area contributed by atoms with Gasteiger partial charge in [0.2, 0.25) is 0 Å². The first-order valence-corrected chi connectivity index (χ1v) is 5.73. The molecule has 2 aliphatic carbocycles. The number of nitrogens with one attached hydrogen (secondary N) is 1. The van der Waals surface area contributed by atoms with E-state index >= 15 is 0 Å². The second-order valence-electron chi connectivity index (χ2n) is 5.97. The molecule has 0 aromatic heterocycles. The molecular formula is C12H23N. The lowest BCUT2D eigenvalue weighted by molar-refractivity contribution is 0.233. The summed E-state index contributed by atoms with van der Waals surface area (Å²) in [5.74, 6) is 3.16. The van der Waals surface area contributed by atoms with E-state index in [1.54, 1.807) is 0 Å². The fourth-order valence-electron chi connectivity index (χ4n) is 3.57. The molecular weight excluding hydrogens is 158 g/mol. The Morgan fingerprint density at radius 3 is 2.08 bits per heavy atom. The Labute approximate surface area is 82.3 Å². The summed E-state index contributed by atoms with van der Waals surface area (Å²) in [5.41, 5.74) is 0.434. The van der Waals surface area contributed by atoms with Crippen LogP contribution in [0.1, 0.15) is 40.0 Å². The van der Waals surface area contributed by atoms with Gasteiger partial charge < -0.3 is 5.32 Å². The Bertz CT molecular complexity index is 182. The van der Waals surface area contributed by atoms with Crippen LogP contribution in [-0.2, 0) is 0 Å². The smallest absolute Gasteiger partial charge is 0.0146 e. The van der Waals surface area contributed by atoms with E-state index < -0.39 is 0 Å². The highest BCUT2D eigenvalue weighted by Gasteiger charge is 2.57. The third-order valence-electron chi connectivity index (χ3n) is 4.10. The van der Waals surface area contributed by atoms with E-state index in [2.05, 4.69) is 33.1 Å². The molecule has 2 fully saturated rings. The first-order chi connectivity index (χ1) is 6.05. The van der Waals surface area contributed by atoms with Crippen molar-refractivity contribution in [2.24, 2.45) is 23.2 Å². The maximum atomic E-state index is 3.53. The zero-order valence-corrected chi connectivity index (χ0v) is 9.43. The van der Waals surface area contributed by atoms with Crippen LogP contribution in [0.2, 0.25) is 0 Å². The molecule has 0 aromatic rings. The van der Waals surface area contributed by atoms with Gasteiger partial charge in [0.15, 0.2) is 0 Å². The van der Waals surface area contributed by atoms with E-state index in [1.807, 2.05) is 0 Å². The van der Waals surface area contributed by atoms with Crippen LogP contribution in [0.3, 0.4) is 0 Å². The molecule has 2 rings (SSSR count). The van der Waals surface area contributed by atoms with Gasteiger partial charge in [-0.25, -0.2) is 0 Å². The van der Waals surface area contributed by atoms with Crippen molar-refractivity contribution in [3.63, 3.8) is 0 Å². The first kappa shape index (κ1) is 9.51. The van der Waals surface area contributed by atoms with Gasteiger partial charge in [-0.2, -0.15) is 0 Å². The largest absolute Gasteiger partial charge is 0.316 e. The molecule has 1 nitrogen and oxygen atoms in total. The molecule has 0 spiro atoms. The molecule has 2 saturated carbocycles. The summed E-state index contributed by atoms with van der Waals surface area (Å²) >= 11 is 0. The quantitative estimate of drug-likeness (QED) is 0.690. The van der Waals surface area contributed by atoms with Crippen LogP contribution in [0.25, 0.3) is 0 Å². The summed E-state index contributed by atoms with van der Waals surface area (Å²) in [5, 5.41) is 3.53. The Balaban J connectivity index is 2.00. The molecule has 0 radical (unpaired) electrons. The third-order valence-corrected chi connectivity index (χ3v) is 4.10. The van der Waals surface area contributed by atoms with Crippen molar-refractivity contribution in [2.75, 3.05) is 7.05 Å². The van der Waals surface area contributed by atoms with Gasteiger partial charge in [-0.1, -0.05) is 27.2 Å². The molecule has 0 saturated heterocycles. The molecule has 0 aromatic carbocycles. The summed E-state index contributed by atoms with van der Waals surface area (Å²) in [6, 6.07) is 0.739. The number of hydrogen-bond acceptors (Lipinski definition) is 1. The molecule has 76 valence electrons. The van der Waals surface area contributed by atoms with Gasteiger partial charge in [-0.3, -0.25) is 0 Å². The van der Waals surface area contributed by atoms with Crippen molar-refractivity contribution >= 4 is 0 Å². The Morgan fingerprint density at radius 1 is 1.15 bits per heavy atom. The lowest BCUT2D eigenvalue weighted by Crippen LogP contribution is -2.41. The topological polar surface area (TPSA) is 12.0 Å². The zero-order chi connectivity index (χ0) is 9.64. The Hall–Kier alpha value is -0.0400. The Kier molecular flexibility index (Phi) is 2.18. The van der Waals surface area contributed by atoms with Crippen LogP contribution < -0.4 is 5.32 Å². The van der Waals surface area contributed by atoms with Gasteiger partial charge in [0, 0.05) is 6.04 Å². The van der Waals surface area contributed by atoms with Crippen molar-refractivity contribution in [3.8, 4) is 0 Å². The molecule has 0 heterocycles. The standard InChI is InChI=1S/C12H23N/c1-12(2,3)11(13-4)10-8-6-5-7-9(8)10/h8-11,13H,5-7H2,1-4H3. The third kappa shape index (κ3) is 1.52. The van der Waals surface area contributed by atoms with E-state index in [-0.39, 0.29) is 0 Å². The predicted molar refractivity (Wildman–Crippen MR) is 56.6 cm³/mol. The molecule has 3 unspecified atom stereocenters. The summed E-state index contributed by atoms with van der Waals surface area (Å²) in [4.78, 5) is 0. The van der Waals surface area contributed by atoms with Gasteiger partial charge in [0.1, 0.15) is 0 Å². The minimum absolute atomic E-state index is 0.434. The number of rotatable bonds is 2.